The van der Waals surface area contributed by atoms with Gasteiger partial charge in [0.25, 0.3) is 11.8 Å². The van der Waals surface area contributed by atoms with Crippen molar-refractivity contribution >= 4 is 83.4 Å². The summed E-state index contributed by atoms with van der Waals surface area (Å²) in [5.41, 5.74) is 9.63. The molecule has 0 spiro atoms. The van der Waals surface area contributed by atoms with E-state index in [-0.39, 0.29) is 60.0 Å². The van der Waals surface area contributed by atoms with Crippen LogP contribution in [0.5, 0.6) is 0 Å². The molecule has 0 radical (unpaired) electrons. The van der Waals surface area contributed by atoms with Crippen molar-refractivity contribution in [2.24, 2.45) is 28.6 Å². The molecule has 7 aromatic rings. The number of aliphatic hydroxyl groups is 1. The zero-order chi connectivity index (χ0) is 66.1. The normalized spacial score (nSPS) is 21.5. The van der Waals surface area contributed by atoms with Gasteiger partial charge in [-0.3, -0.25) is 34.0 Å². The number of rotatable bonds is 25. The molecule has 0 unspecified atom stereocenters. The quantitative estimate of drug-likeness (QED) is 0.0334. The number of aliphatic hydroxyl groups excluding tert-OH is 1. The number of hydrogen-bond acceptors (Lipinski definition) is 15. The summed E-state index contributed by atoms with van der Waals surface area (Å²) in [6, 6.07) is 23.0. The van der Waals surface area contributed by atoms with Crippen molar-refractivity contribution in [3.05, 3.63) is 130 Å². The number of benzene rings is 3. The van der Waals surface area contributed by atoms with Gasteiger partial charge in [0.05, 0.1) is 50.4 Å². The molecular weight excluding hydrogens is 1240 g/mol. The van der Waals surface area contributed by atoms with E-state index in [1.165, 1.54) is 54.8 Å². The molecule has 19 nitrogen and oxygen atoms in total. The summed E-state index contributed by atoms with van der Waals surface area (Å²) in [6.07, 6.45) is 15.4. The molecule has 13 rings (SSSR count). The molecule has 5 N–H and O–H groups in total. The minimum Gasteiger partial charge on any atom is -0.391 e. The molecule has 22 heteroatoms. The summed E-state index contributed by atoms with van der Waals surface area (Å²) < 4.78 is 33.2. The summed E-state index contributed by atoms with van der Waals surface area (Å²) >= 11 is 2.99. The Balaban J connectivity index is 0.623. The first-order valence-electron chi connectivity index (χ1n) is 33.8. The number of para-hydroxylation sites is 1. The van der Waals surface area contributed by atoms with Crippen LogP contribution in [0.3, 0.4) is 0 Å². The highest BCUT2D eigenvalue weighted by Crippen LogP contribution is 2.60. The van der Waals surface area contributed by atoms with Crippen molar-refractivity contribution < 1.29 is 37.5 Å². The number of likely N-dealkylation sites (tertiary alicyclic amines) is 1. The highest BCUT2D eigenvalue weighted by molar-refractivity contribution is 7.90. The lowest BCUT2D eigenvalue weighted by Gasteiger charge is -2.56. The summed E-state index contributed by atoms with van der Waals surface area (Å²) in [7, 11) is -4.08. The molecule has 4 atom stereocenters. The van der Waals surface area contributed by atoms with Gasteiger partial charge in [-0.1, -0.05) is 119 Å². The highest BCUT2D eigenvalue weighted by Gasteiger charge is 2.51. The zero-order valence-electron chi connectivity index (χ0n) is 54.9. The molecule has 4 saturated carbocycles. The fourth-order valence-corrected chi connectivity index (χ4v) is 18.6. The SMILES string of the molecule is Cc1ncsc1-c1ccc([C@H](C)NC(=O)[C@@H]2C[C@@H](O)CN2C(=O)[C@@H](NC(=O)CCCCCCCCCCS(=O)(=O)NC(=O)c2nc(N3CCc4cccc(C(=O)Nc5nc6ccccc6s5)c4C3)ccc2-c2cnn(CC34CC5CC(CC(C5)C3)C4)c2C)C(C)(C)C)cc1. The fraction of sp³-hybridized carbons (Fsp3) is 0.514. The van der Waals surface area contributed by atoms with Gasteiger partial charge in [-0.15, -0.1) is 11.3 Å². The average molecular weight is 1330 g/mol. The summed E-state index contributed by atoms with van der Waals surface area (Å²) in [4.78, 5) is 88.6. The number of anilines is 2. The second-order valence-corrected chi connectivity index (χ2v) is 32.3. The van der Waals surface area contributed by atoms with Crippen LogP contribution in [0.1, 0.15) is 185 Å². The standard InChI is InChI=1S/C72H89N11O8S3/c1-44(50-23-25-52(26-24-50)64-45(2)73-43-92-64)75-67(87)59-35-53(84)40-82(59)69(89)65(71(4,5)6)78-62(85)22-13-11-9-7-8-10-12-16-31-94(90,91)80-68(88)63-54(56-39-74-83(46(56)3)42-72-36-47-32-48(37-72)34-49(33-47)38-72)27-28-61(77-63)81-30-29-51-18-17-19-55(57(51)41-81)66(86)79-70-76-58-20-14-15-21-60(58)93-70/h14-15,17-21,23-28,39,43-44,47-49,53,59,65,84H,7-13,16,22,29-38,40-42H2,1-6H3,(H,75,87)(H,78,85)(H,80,88)(H,76,79,86)/t44-,47?,48?,49?,53+,59-,65+,72?/m0/s1. The monoisotopic (exact) mass is 1330 g/mol. The van der Waals surface area contributed by atoms with Gasteiger partial charge in [0.1, 0.15) is 23.6 Å². The maximum atomic E-state index is 14.6. The van der Waals surface area contributed by atoms with Gasteiger partial charge < -0.3 is 25.5 Å². The van der Waals surface area contributed by atoms with Gasteiger partial charge in [0, 0.05) is 61.4 Å². The number of pyridine rings is 1. The lowest BCUT2D eigenvalue weighted by atomic mass is 9.49. The lowest BCUT2D eigenvalue weighted by molar-refractivity contribution is -0.144. The second-order valence-electron chi connectivity index (χ2n) is 28.6. The van der Waals surface area contributed by atoms with Crippen molar-refractivity contribution in [1.82, 2.24) is 45.0 Å². The van der Waals surface area contributed by atoms with E-state index in [0.717, 1.165) is 111 Å². The number of sulfonamides is 1. The number of fused-ring (bicyclic) bond motifs is 2. The van der Waals surface area contributed by atoms with E-state index in [1.54, 1.807) is 17.5 Å². The van der Waals surface area contributed by atoms with Crippen LogP contribution >= 0.6 is 22.7 Å². The van der Waals surface area contributed by atoms with Gasteiger partial charge in [-0.25, -0.2) is 28.1 Å². The first kappa shape index (κ1) is 66.6. The molecule has 2 aliphatic heterocycles. The molecule has 94 heavy (non-hydrogen) atoms. The van der Waals surface area contributed by atoms with Crippen LogP contribution in [-0.2, 0) is 43.9 Å². The molecule has 1 saturated heterocycles. The van der Waals surface area contributed by atoms with E-state index < -0.39 is 45.4 Å². The van der Waals surface area contributed by atoms with Crippen LogP contribution in [0.15, 0.2) is 90.6 Å². The zero-order valence-corrected chi connectivity index (χ0v) is 57.4. The Kier molecular flexibility index (Phi) is 19.9. The van der Waals surface area contributed by atoms with Crippen molar-refractivity contribution in [1.29, 1.82) is 0 Å². The number of amides is 5. The first-order valence-corrected chi connectivity index (χ1v) is 37.1. The van der Waals surface area contributed by atoms with Crippen molar-refractivity contribution in [2.45, 2.75) is 188 Å². The summed E-state index contributed by atoms with van der Waals surface area (Å²) in [5, 5.41) is 25.3. The van der Waals surface area contributed by atoms with Crippen LogP contribution in [0.2, 0.25) is 0 Å². The number of unbranched alkanes of at least 4 members (excludes halogenated alkanes) is 7. The van der Waals surface area contributed by atoms with Gasteiger partial charge in [-0.2, -0.15) is 5.10 Å². The smallest absolute Gasteiger partial charge is 0.284 e. The average Bonchev–Trinajstić information content (AvgIpc) is 1.40. The molecule has 5 amide bonds. The molecule has 4 bridgehead atoms. The Morgan fingerprint density at radius 3 is 2.18 bits per heavy atom. The number of aromatic nitrogens is 5. The first-order chi connectivity index (χ1) is 45.1. The molecule has 4 aromatic heterocycles. The van der Waals surface area contributed by atoms with E-state index in [1.807, 2.05) is 131 Å². The Labute approximate surface area is 559 Å². The Hall–Kier alpha value is -7.40. The van der Waals surface area contributed by atoms with Gasteiger partial charge in [0.15, 0.2) is 5.13 Å². The minimum absolute atomic E-state index is 0.00378. The number of hydrogen-bond donors (Lipinski definition) is 5. The predicted molar refractivity (Wildman–Crippen MR) is 369 cm³/mol. The minimum atomic E-state index is -4.08. The molecule has 5 fully saturated rings. The van der Waals surface area contributed by atoms with Crippen molar-refractivity contribution in [3.8, 4) is 21.6 Å². The fourth-order valence-electron chi connectivity index (χ4n) is 15.9. The molecule has 498 valence electrons. The van der Waals surface area contributed by atoms with Crippen molar-refractivity contribution in [3.63, 3.8) is 0 Å². The number of carbonyl (C=O) groups is 5. The predicted octanol–water partition coefficient (Wildman–Crippen LogP) is 12.3. The summed E-state index contributed by atoms with van der Waals surface area (Å²) in [6.45, 7) is 13.2. The molecule has 6 aliphatic rings. The number of carbonyl (C=O) groups excluding carboxylic acids is 5. The Morgan fingerprint density at radius 1 is 0.787 bits per heavy atom. The second kappa shape index (κ2) is 28.1. The van der Waals surface area contributed by atoms with Crippen LogP contribution in [0, 0.1) is 42.4 Å². The molecule has 3 aromatic carbocycles. The van der Waals surface area contributed by atoms with Crippen molar-refractivity contribution in [2.75, 3.05) is 29.1 Å². The summed E-state index contributed by atoms with van der Waals surface area (Å²) in [5.74, 6) is 0.511. The maximum absolute atomic E-state index is 14.6. The number of nitrogens with one attached hydrogen (secondary N) is 4. The van der Waals surface area contributed by atoms with E-state index in [9.17, 15) is 37.5 Å². The Bertz CT molecular complexity index is 3990. The number of β-amino-alcohol motifs (C(OH)–C–C–N with tert-alkyl or cyclic N) is 1. The molecular formula is C72H89N11O8S3. The highest BCUT2D eigenvalue weighted by atomic mass is 32.2. The van der Waals surface area contributed by atoms with Crippen LogP contribution in [-0.4, -0.2) is 110 Å². The third-order valence-electron chi connectivity index (χ3n) is 20.4. The van der Waals surface area contributed by atoms with E-state index >= 15 is 0 Å². The van der Waals surface area contributed by atoms with Gasteiger partial charge in [0.2, 0.25) is 27.7 Å². The molecule has 6 heterocycles. The number of nitrogens with zero attached hydrogens (tertiary/aromatic N) is 7. The van der Waals surface area contributed by atoms with Crippen LogP contribution in [0.4, 0.5) is 10.9 Å². The largest absolute Gasteiger partial charge is 0.391 e. The molecule has 4 aliphatic carbocycles. The van der Waals surface area contributed by atoms with E-state index in [4.69, 9.17) is 10.1 Å². The number of thiazole rings is 2. The van der Waals surface area contributed by atoms with Gasteiger partial charge in [-0.05, 0) is 160 Å². The van der Waals surface area contributed by atoms with Crippen LogP contribution in [0.25, 0.3) is 31.8 Å². The lowest BCUT2D eigenvalue weighted by Crippen LogP contribution is -2.57. The topological polar surface area (TPSA) is 251 Å². The van der Waals surface area contributed by atoms with E-state index in [0.29, 0.717) is 60.8 Å². The van der Waals surface area contributed by atoms with Crippen LogP contribution < -0.4 is 25.6 Å². The van der Waals surface area contributed by atoms with E-state index in [2.05, 4.69) is 35.3 Å². The third-order valence-corrected chi connectivity index (χ3v) is 23.6. The maximum Gasteiger partial charge on any atom is 0.284 e. The third kappa shape index (κ3) is 15.1. The van der Waals surface area contributed by atoms with Gasteiger partial charge >= 0.3 is 0 Å². The number of aryl methyl sites for hydroxylation is 1. The Morgan fingerprint density at radius 2 is 1.49 bits per heavy atom.